The van der Waals surface area contributed by atoms with Gasteiger partial charge in [-0.05, 0) is 37.0 Å². The number of rotatable bonds is 5. The maximum Gasteiger partial charge on any atom is 0.315 e. The molecule has 154 valence electrons. The van der Waals surface area contributed by atoms with E-state index in [0.29, 0.717) is 41.8 Å². The minimum atomic E-state index is -0.807. The summed E-state index contributed by atoms with van der Waals surface area (Å²) in [4.78, 5) is 30.5. The van der Waals surface area contributed by atoms with Crippen LogP contribution in [0.4, 0.5) is 4.39 Å². The van der Waals surface area contributed by atoms with Crippen molar-refractivity contribution < 1.29 is 18.7 Å². The minimum absolute atomic E-state index is 0.0529. The lowest BCUT2D eigenvalue weighted by Crippen LogP contribution is -2.37. The van der Waals surface area contributed by atoms with Crippen molar-refractivity contribution in [2.75, 3.05) is 6.61 Å². The molecule has 5 heteroatoms. The number of aliphatic imine (C=N–C) groups is 1. The number of carbonyl (C=O) groups excluding carboxylic acids is 2. The number of ether oxygens (including phenoxy) is 1. The quantitative estimate of drug-likeness (QED) is 0.672. The monoisotopic (exact) mass is 405 g/mol. The van der Waals surface area contributed by atoms with Crippen LogP contribution in [0.25, 0.3) is 0 Å². The highest BCUT2D eigenvalue weighted by atomic mass is 19.1. The Morgan fingerprint density at radius 1 is 1.10 bits per heavy atom. The number of halogens is 1. The number of allylic oxidation sites excluding steroid dienone is 2. The standard InChI is InChI=1S/C25H24FNO3/c1-16-22(25(29)30-15-14-17-8-3-2-4-9-17)23(18-10-5-6-11-19(18)26)24-20(27-16)12-7-13-21(24)28/h2-6,8-11,22-23H,7,12-15H2,1H3/t22?,23-/m0/s1. The SMILES string of the molecule is CC1=NC2=C(C(=O)CCC2)[C@@H](c2ccccc2F)C1C(=O)OCCc1ccccc1. The van der Waals surface area contributed by atoms with Gasteiger partial charge in [0, 0.05) is 35.7 Å². The second-order valence-corrected chi connectivity index (χ2v) is 7.77. The maximum atomic E-state index is 14.8. The number of Topliss-reactive ketones (excluding diaryl/α,β-unsaturated/α-hetero) is 1. The molecule has 0 radical (unpaired) electrons. The first-order chi connectivity index (χ1) is 14.6. The molecule has 1 heterocycles. The molecule has 0 fully saturated rings. The lowest BCUT2D eigenvalue weighted by Gasteiger charge is -2.34. The van der Waals surface area contributed by atoms with Crippen LogP contribution < -0.4 is 0 Å². The van der Waals surface area contributed by atoms with Crippen LogP contribution in [0, 0.1) is 11.7 Å². The topological polar surface area (TPSA) is 55.7 Å². The normalized spacial score (nSPS) is 21.1. The Labute approximate surface area is 175 Å². The Balaban J connectivity index is 1.64. The molecule has 1 aliphatic heterocycles. The van der Waals surface area contributed by atoms with Gasteiger partial charge in [-0.15, -0.1) is 0 Å². The van der Waals surface area contributed by atoms with Gasteiger partial charge in [-0.3, -0.25) is 14.6 Å². The molecule has 0 aromatic heterocycles. The van der Waals surface area contributed by atoms with Crippen molar-refractivity contribution in [3.63, 3.8) is 0 Å². The Morgan fingerprint density at radius 3 is 2.60 bits per heavy atom. The summed E-state index contributed by atoms with van der Waals surface area (Å²) in [6.45, 7) is 1.98. The number of carbonyl (C=O) groups is 2. The highest BCUT2D eigenvalue weighted by Gasteiger charge is 2.44. The number of benzene rings is 2. The van der Waals surface area contributed by atoms with Gasteiger partial charge in [0.15, 0.2) is 5.78 Å². The van der Waals surface area contributed by atoms with E-state index in [1.54, 1.807) is 25.1 Å². The number of hydrogen-bond acceptors (Lipinski definition) is 4. The predicted octanol–water partition coefficient (Wildman–Crippen LogP) is 4.79. The predicted molar refractivity (Wildman–Crippen MR) is 113 cm³/mol. The van der Waals surface area contributed by atoms with Crippen LogP contribution in [0.3, 0.4) is 0 Å². The number of nitrogens with zero attached hydrogens (tertiary/aromatic N) is 1. The van der Waals surface area contributed by atoms with Crippen LogP contribution in [0.15, 0.2) is 70.9 Å². The van der Waals surface area contributed by atoms with E-state index in [2.05, 4.69) is 4.99 Å². The largest absolute Gasteiger partial charge is 0.465 e. The van der Waals surface area contributed by atoms with Gasteiger partial charge in [0.1, 0.15) is 11.7 Å². The molecule has 2 aromatic carbocycles. The van der Waals surface area contributed by atoms with E-state index < -0.39 is 23.6 Å². The third-order valence-corrected chi connectivity index (χ3v) is 5.81. The van der Waals surface area contributed by atoms with Crippen LogP contribution in [0.1, 0.15) is 43.2 Å². The lowest BCUT2D eigenvalue weighted by atomic mass is 9.71. The molecule has 0 amide bonds. The van der Waals surface area contributed by atoms with Gasteiger partial charge in [-0.25, -0.2) is 4.39 Å². The number of ketones is 1. The van der Waals surface area contributed by atoms with Crippen LogP contribution in [0.2, 0.25) is 0 Å². The summed E-state index contributed by atoms with van der Waals surface area (Å²) < 4.78 is 20.4. The van der Waals surface area contributed by atoms with Gasteiger partial charge in [0.05, 0.1) is 6.61 Å². The first-order valence-corrected chi connectivity index (χ1v) is 10.3. The first kappa shape index (κ1) is 20.2. The highest BCUT2D eigenvalue weighted by Crippen LogP contribution is 2.44. The maximum absolute atomic E-state index is 14.8. The average Bonchev–Trinajstić information content (AvgIpc) is 2.74. The zero-order valence-electron chi connectivity index (χ0n) is 16.9. The van der Waals surface area contributed by atoms with Gasteiger partial charge >= 0.3 is 5.97 Å². The van der Waals surface area contributed by atoms with E-state index >= 15 is 0 Å². The van der Waals surface area contributed by atoms with Crippen molar-refractivity contribution in [3.8, 4) is 0 Å². The van der Waals surface area contributed by atoms with E-state index in [0.717, 1.165) is 12.0 Å². The van der Waals surface area contributed by atoms with Crippen LogP contribution >= 0.6 is 0 Å². The molecule has 1 unspecified atom stereocenters. The van der Waals surface area contributed by atoms with Gasteiger partial charge in [0.2, 0.25) is 0 Å². The second kappa shape index (κ2) is 8.74. The molecule has 2 aliphatic rings. The second-order valence-electron chi connectivity index (χ2n) is 7.77. The van der Waals surface area contributed by atoms with Crippen molar-refractivity contribution in [2.24, 2.45) is 10.9 Å². The summed E-state index contributed by atoms with van der Waals surface area (Å²) >= 11 is 0. The summed E-state index contributed by atoms with van der Waals surface area (Å²) in [7, 11) is 0. The lowest BCUT2D eigenvalue weighted by molar-refractivity contribution is -0.146. The van der Waals surface area contributed by atoms with Crippen molar-refractivity contribution in [1.29, 1.82) is 0 Å². The van der Waals surface area contributed by atoms with Crippen molar-refractivity contribution in [2.45, 2.75) is 38.5 Å². The van der Waals surface area contributed by atoms with E-state index in [4.69, 9.17) is 4.74 Å². The summed E-state index contributed by atoms with van der Waals surface area (Å²) in [5.41, 5.74) is 3.14. The molecular weight excluding hydrogens is 381 g/mol. The van der Waals surface area contributed by atoms with Crippen LogP contribution in [-0.2, 0) is 20.7 Å². The minimum Gasteiger partial charge on any atom is -0.465 e. The molecule has 0 N–H and O–H groups in total. The van der Waals surface area contributed by atoms with Crippen molar-refractivity contribution in [1.82, 2.24) is 0 Å². The fourth-order valence-corrected chi connectivity index (χ4v) is 4.38. The Morgan fingerprint density at radius 2 is 1.83 bits per heavy atom. The Bertz CT molecular complexity index is 1030. The fourth-order valence-electron chi connectivity index (χ4n) is 4.38. The summed E-state index contributed by atoms with van der Waals surface area (Å²) in [6.07, 6.45) is 2.38. The smallest absolute Gasteiger partial charge is 0.315 e. The van der Waals surface area contributed by atoms with E-state index in [1.165, 1.54) is 6.07 Å². The molecule has 1 aliphatic carbocycles. The Kier molecular flexibility index (Phi) is 5.88. The number of esters is 1. The van der Waals surface area contributed by atoms with Crippen molar-refractivity contribution >= 4 is 17.5 Å². The van der Waals surface area contributed by atoms with E-state index in [1.807, 2.05) is 30.3 Å². The summed E-state index contributed by atoms with van der Waals surface area (Å²) in [6, 6.07) is 16.1. The van der Waals surface area contributed by atoms with Crippen LogP contribution in [-0.4, -0.2) is 24.1 Å². The van der Waals surface area contributed by atoms with Crippen molar-refractivity contribution in [3.05, 3.63) is 82.8 Å². The molecule has 2 atom stereocenters. The molecule has 0 saturated heterocycles. The number of hydrogen-bond donors (Lipinski definition) is 0. The highest BCUT2D eigenvalue weighted by molar-refractivity contribution is 6.08. The average molecular weight is 405 g/mol. The zero-order chi connectivity index (χ0) is 21.1. The zero-order valence-corrected chi connectivity index (χ0v) is 16.9. The molecule has 0 saturated carbocycles. The summed E-state index contributed by atoms with van der Waals surface area (Å²) in [5, 5.41) is 0. The van der Waals surface area contributed by atoms with Gasteiger partial charge in [-0.2, -0.15) is 0 Å². The molecule has 0 spiro atoms. The molecular formula is C25H24FNO3. The fraction of sp³-hybridized carbons (Fsp3) is 0.320. The van der Waals surface area contributed by atoms with Crippen LogP contribution in [0.5, 0.6) is 0 Å². The third-order valence-electron chi connectivity index (χ3n) is 5.81. The Hall–Kier alpha value is -3.08. The molecule has 4 nitrogen and oxygen atoms in total. The van der Waals surface area contributed by atoms with Gasteiger partial charge in [-0.1, -0.05) is 48.5 Å². The van der Waals surface area contributed by atoms with Gasteiger partial charge in [0.25, 0.3) is 0 Å². The first-order valence-electron chi connectivity index (χ1n) is 10.3. The molecule has 30 heavy (non-hydrogen) atoms. The van der Waals surface area contributed by atoms with E-state index in [9.17, 15) is 14.0 Å². The molecule has 4 rings (SSSR count). The van der Waals surface area contributed by atoms with E-state index in [-0.39, 0.29) is 12.4 Å². The van der Waals surface area contributed by atoms with Gasteiger partial charge < -0.3 is 4.74 Å². The third kappa shape index (κ3) is 3.97. The molecule has 2 aromatic rings. The summed E-state index contributed by atoms with van der Waals surface area (Å²) in [5.74, 6) is -2.45. The molecule has 0 bridgehead atoms.